The summed E-state index contributed by atoms with van der Waals surface area (Å²) >= 11 is 1.59. The summed E-state index contributed by atoms with van der Waals surface area (Å²) in [5.74, 6) is 1.93. The number of anilines is 1. The Morgan fingerprint density at radius 1 is 1.00 bits per heavy atom. The number of hydrogen-bond donors (Lipinski definition) is 3. The van der Waals surface area contributed by atoms with Crippen LogP contribution < -0.4 is 4.90 Å². The lowest BCUT2D eigenvalue weighted by Gasteiger charge is -2.36. The Hall–Kier alpha value is -3.98. The number of H-pyrrole nitrogens is 3. The maximum absolute atomic E-state index is 6.85. The smallest absolute Gasteiger partial charge is 0.268 e. The van der Waals surface area contributed by atoms with Crippen LogP contribution in [0.2, 0.25) is 0 Å². The molecule has 1 unspecified atom stereocenters. The van der Waals surface area contributed by atoms with Crippen molar-refractivity contribution in [1.82, 2.24) is 25.1 Å². The Balaban J connectivity index is 1.70. The van der Waals surface area contributed by atoms with Crippen LogP contribution in [0.1, 0.15) is 22.1 Å². The standard InChI is InChI=1S/C21H16N6O2S/c1-4-14(22-8-1)19-18(20-23-10-11-24-20)27(17-6-2-12-28-17)21(29-19,15-7-9-25-26-15)16-5-3-13-30-16/h1-13,22H,(H,23,24)(H,25,26). The van der Waals surface area contributed by atoms with Gasteiger partial charge in [-0.1, -0.05) is 6.07 Å². The number of rotatable bonds is 5. The van der Waals surface area contributed by atoms with Crippen LogP contribution >= 0.6 is 11.3 Å². The van der Waals surface area contributed by atoms with Crippen molar-refractivity contribution < 1.29 is 9.15 Å². The average molecular weight is 416 g/mol. The molecular weight excluding hydrogens is 400 g/mol. The second-order valence-corrected chi connectivity index (χ2v) is 7.63. The fourth-order valence-electron chi connectivity index (χ4n) is 3.81. The number of nitrogens with zero attached hydrogens (tertiary/aromatic N) is 3. The Kier molecular flexibility index (Phi) is 3.68. The summed E-state index contributed by atoms with van der Waals surface area (Å²) in [6.07, 6.45) is 8.73. The first-order valence-electron chi connectivity index (χ1n) is 9.32. The van der Waals surface area contributed by atoms with Gasteiger partial charge in [-0.15, -0.1) is 11.3 Å². The summed E-state index contributed by atoms with van der Waals surface area (Å²) in [7, 11) is 0. The Labute approximate surface area is 174 Å². The van der Waals surface area contributed by atoms with Crippen LogP contribution in [0.15, 0.2) is 83.3 Å². The molecular formula is C21H16N6O2S. The normalized spacial score (nSPS) is 18.9. The Bertz CT molecular complexity index is 1220. The van der Waals surface area contributed by atoms with E-state index in [2.05, 4.69) is 25.1 Å². The molecule has 0 radical (unpaired) electrons. The number of imidazole rings is 1. The number of aromatic amines is 3. The molecule has 5 aromatic rings. The topological polar surface area (TPSA) is 98.8 Å². The third-order valence-corrected chi connectivity index (χ3v) is 5.98. The molecule has 1 atom stereocenters. The van der Waals surface area contributed by atoms with Crippen molar-refractivity contribution in [3.05, 3.63) is 101 Å². The molecule has 1 aliphatic heterocycles. The lowest BCUT2D eigenvalue weighted by Crippen LogP contribution is -2.44. The highest BCUT2D eigenvalue weighted by Gasteiger charge is 2.55. The van der Waals surface area contributed by atoms with Crippen LogP contribution in [0, 0.1) is 0 Å². The summed E-state index contributed by atoms with van der Waals surface area (Å²) in [6, 6.07) is 13.6. The predicted molar refractivity (Wildman–Crippen MR) is 112 cm³/mol. The van der Waals surface area contributed by atoms with Crippen molar-refractivity contribution in [3.63, 3.8) is 0 Å². The van der Waals surface area contributed by atoms with Gasteiger partial charge in [0.1, 0.15) is 11.4 Å². The van der Waals surface area contributed by atoms with E-state index in [1.54, 1.807) is 36.2 Å². The fourth-order valence-corrected chi connectivity index (χ4v) is 4.67. The highest BCUT2D eigenvalue weighted by atomic mass is 32.1. The molecule has 0 fully saturated rings. The summed E-state index contributed by atoms with van der Waals surface area (Å²) in [5, 5.41) is 9.34. The van der Waals surface area contributed by atoms with Gasteiger partial charge in [-0.25, -0.2) is 4.98 Å². The molecule has 0 bridgehead atoms. The van der Waals surface area contributed by atoms with Crippen LogP contribution in [-0.4, -0.2) is 25.1 Å². The van der Waals surface area contributed by atoms with Gasteiger partial charge >= 0.3 is 0 Å². The minimum Gasteiger partial charge on any atom is -0.452 e. The van der Waals surface area contributed by atoms with Gasteiger partial charge in [0.05, 0.1) is 16.8 Å². The van der Waals surface area contributed by atoms with Crippen molar-refractivity contribution in [2.24, 2.45) is 0 Å². The Morgan fingerprint density at radius 3 is 2.67 bits per heavy atom. The van der Waals surface area contributed by atoms with Crippen LogP contribution in [0.5, 0.6) is 0 Å². The van der Waals surface area contributed by atoms with Crippen LogP contribution in [0.4, 0.5) is 5.88 Å². The van der Waals surface area contributed by atoms with Gasteiger partial charge < -0.3 is 19.1 Å². The highest BCUT2D eigenvalue weighted by Crippen LogP contribution is 2.54. The second kappa shape index (κ2) is 6.53. The molecule has 148 valence electrons. The zero-order valence-corrected chi connectivity index (χ0v) is 16.4. The number of furan rings is 1. The first-order chi connectivity index (χ1) is 14.9. The van der Waals surface area contributed by atoms with E-state index in [-0.39, 0.29) is 0 Å². The van der Waals surface area contributed by atoms with Gasteiger partial charge in [0.25, 0.3) is 5.72 Å². The largest absolute Gasteiger partial charge is 0.452 e. The van der Waals surface area contributed by atoms with Gasteiger partial charge in [0, 0.05) is 30.9 Å². The molecule has 6 rings (SSSR count). The van der Waals surface area contributed by atoms with Crippen LogP contribution in [0.3, 0.4) is 0 Å². The number of hydrogen-bond acceptors (Lipinski definition) is 6. The number of aromatic nitrogens is 5. The molecule has 6 heterocycles. The maximum atomic E-state index is 6.85. The molecule has 0 saturated carbocycles. The van der Waals surface area contributed by atoms with E-state index >= 15 is 0 Å². The van der Waals surface area contributed by atoms with Crippen molar-refractivity contribution in [1.29, 1.82) is 0 Å². The quantitative estimate of drug-likeness (QED) is 0.395. The lowest BCUT2D eigenvalue weighted by atomic mass is 10.1. The molecule has 0 aromatic carbocycles. The van der Waals surface area contributed by atoms with E-state index in [1.165, 1.54) is 0 Å². The van der Waals surface area contributed by atoms with Crippen molar-refractivity contribution in [2.45, 2.75) is 5.72 Å². The number of ether oxygens (including phenoxy) is 1. The first kappa shape index (κ1) is 16.9. The zero-order chi connectivity index (χ0) is 20.0. The Morgan fingerprint density at radius 2 is 2.00 bits per heavy atom. The minimum absolute atomic E-state index is 0.617. The van der Waals surface area contributed by atoms with Crippen LogP contribution in [0.25, 0.3) is 11.5 Å². The molecule has 0 spiro atoms. The molecule has 0 amide bonds. The average Bonchev–Trinajstić information content (AvgIpc) is 3.62. The van der Waals surface area contributed by atoms with Gasteiger partial charge in [-0.05, 0) is 35.7 Å². The molecule has 30 heavy (non-hydrogen) atoms. The van der Waals surface area contributed by atoms with Crippen molar-refractivity contribution in [3.8, 4) is 0 Å². The van der Waals surface area contributed by atoms with E-state index in [9.17, 15) is 0 Å². The molecule has 9 heteroatoms. The lowest BCUT2D eigenvalue weighted by molar-refractivity contribution is 0.0984. The molecule has 8 nitrogen and oxygen atoms in total. The molecule has 5 aromatic heterocycles. The molecule has 0 saturated heterocycles. The van der Waals surface area contributed by atoms with Gasteiger partial charge in [-0.3, -0.25) is 10.00 Å². The van der Waals surface area contributed by atoms with E-state index in [0.717, 1.165) is 22.0 Å². The molecule has 0 aliphatic carbocycles. The van der Waals surface area contributed by atoms with E-state index in [0.29, 0.717) is 17.5 Å². The summed E-state index contributed by atoms with van der Waals surface area (Å²) in [5.41, 5.74) is 1.30. The number of nitrogens with one attached hydrogen (secondary N) is 3. The predicted octanol–water partition coefficient (Wildman–Crippen LogP) is 4.38. The SMILES string of the molecule is c1c[nH]c(C2=C(c3ncc[nH]3)N(c3ccco3)C(c3ccn[nH]3)(c3cccs3)O2)c1. The first-order valence-corrected chi connectivity index (χ1v) is 10.2. The van der Waals surface area contributed by atoms with Gasteiger partial charge in [0.2, 0.25) is 5.88 Å². The monoisotopic (exact) mass is 416 g/mol. The van der Waals surface area contributed by atoms with E-state index in [4.69, 9.17) is 9.15 Å². The third kappa shape index (κ3) is 2.32. The van der Waals surface area contributed by atoms with Crippen LogP contribution in [-0.2, 0) is 10.5 Å². The zero-order valence-electron chi connectivity index (χ0n) is 15.6. The second-order valence-electron chi connectivity index (χ2n) is 6.68. The summed E-state index contributed by atoms with van der Waals surface area (Å²) < 4.78 is 12.7. The maximum Gasteiger partial charge on any atom is 0.268 e. The van der Waals surface area contributed by atoms with Gasteiger partial charge in [0.15, 0.2) is 11.6 Å². The fraction of sp³-hybridized carbons (Fsp3) is 0.0476. The third-order valence-electron chi connectivity index (χ3n) is 5.02. The number of thiophene rings is 1. The van der Waals surface area contributed by atoms with Crippen molar-refractivity contribution in [2.75, 3.05) is 4.90 Å². The highest BCUT2D eigenvalue weighted by molar-refractivity contribution is 7.10. The molecule has 1 aliphatic rings. The van der Waals surface area contributed by atoms with E-state index < -0.39 is 5.72 Å². The van der Waals surface area contributed by atoms with Gasteiger partial charge in [-0.2, -0.15) is 5.10 Å². The summed E-state index contributed by atoms with van der Waals surface area (Å²) in [6.45, 7) is 0. The summed E-state index contributed by atoms with van der Waals surface area (Å²) in [4.78, 5) is 14.0. The molecule has 3 N–H and O–H groups in total. The minimum atomic E-state index is -1.05. The van der Waals surface area contributed by atoms with E-state index in [1.807, 2.05) is 58.9 Å². The van der Waals surface area contributed by atoms with Crippen molar-refractivity contribution >= 4 is 28.7 Å².